The Morgan fingerprint density at radius 3 is 2.62 bits per heavy atom. The number of pyridine rings is 1. The van der Waals surface area contributed by atoms with Gasteiger partial charge in [-0.15, -0.1) is 11.6 Å². The van der Waals surface area contributed by atoms with Crippen LogP contribution in [0.4, 0.5) is 8.78 Å². The van der Waals surface area contributed by atoms with Crippen LogP contribution in [0.5, 0.6) is 0 Å². The van der Waals surface area contributed by atoms with E-state index in [0.29, 0.717) is 0 Å². The van der Waals surface area contributed by atoms with Crippen LogP contribution in [0.1, 0.15) is 23.2 Å². The lowest BCUT2D eigenvalue weighted by Crippen LogP contribution is -2.16. The van der Waals surface area contributed by atoms with Gasteiger partial charge in [0.1, 0.15) is 0 Å². The highest BCUT2D eigenvalue weighted by Crippen LogP contribution is 2.24. The SMILES string of the molecule is O=C(O)Cc1[nH]c(=O)cc(C(F)F)c1CCl. The average Bonchev–Trinajstić information content (AvgIpc) is 2.15. The van der Waals surface area contributed by atoms with E-state index in [-0.39, 0.29) is 17.1 Å². The molecule has 0 saturated carbocycles. The predicted molar refractivity (Wildman–Crippen MR) is 52.9 cm³/mol. The summed E-state index contributed by atoms with van der Waals surface area (Å²) in [5, 5.41) is 8.55. The van der Waals surface area contributed by atoms with Gasteiger partial charge in [-0.25, -0.2) is 8.78 Å². The van der Waals surface area contributed by atoms with Crippen LogP contribution in [-0.4, -0.2) is 16.1 Å². The minimum absolute atomic E-state index is 0.0290. The van der Waals surface area contributed by atoms with Crippen LogP contribution in [-0.2, 0) is 17.1 Å². The maximum Gasteiger partial charge on any atom is 0.309 e. The molecule has 0 saturated heterocycles. The summed E-state index contributed by atoms with van der Waals surface area (Å²) in [4.78, 5) is 23.7. The van der Waals surface area contributed by atoms with Crippen LogP contribution in [0, 0.1) is 0 Å². The van der Waals surface area contributed by atoms with Crippen molar-refractivity contribution in [2.24, 2.45) is 0 Å². The minimum Gasteiger partial charge on any atom is -0.481 e. The molecule has 16 heavy (non-hydrogen) atoms. The van der Waals surface area contributed by atoms with Gasteiger partial charge in [0.2, 0.25) is 5.56 Å². The molecule has 0 aliphatic rings. The van der Waals surface area contributed by atoms with E-state index in [4.69, 9.17) is 16.7 Å². The normalized spacial score (nSPS) is 10.8. The number of aromatic amines is 1. The largest absolute Gasteiger partial charge is 0.481 e. The molecular weight excluding hydrogens is 244 g/mol. The Hall–Kier alpha value is -1.43. The number of carbonyl (C=O) groups is 1. The summed E-state index contributed by atoms with van der Waals surface area (Å²) in [6, 6.07) is 0.730. The molecule has 1 aromatic heterocycles. The molecule has 0 radical (unpaired) electrons. The van der Waals surface area contributed by atoms with Gasteiger partial charge in [-0.1, -0.05) is 0 Å². The number of carboxylic acids is 1. The number of H-pyrrole nitrogens is 1. The summed E-state index contributed by atoms with van der Waals surface area (Å²) in [5.41, 5.74) is -1.39. The fourth-order valence-corrected chi connectivity index (χ4v) is 1.63. The molecule has 0 fully saturated rings. The maximum atomic E-state index is 12.6. The van der Waals surface area contributed by atoms with E-state index in [1.807, 2.05) is 0 Å². The van der Waals surface area contributed by atoms with Gasteiger partial charge in [-0.3, -0.25) is 9.59 Å². The second-order valence-electron chi connectivity index (χ2n) is 3.05. The van der Waals surface area contributed by atoms with Gasteiger partial charge in [-0.05, 0) is 5.56 Å². The molecule has 88 valence electrons. The highest BCUT2D eigenvalue weighted by molar-refractivity contribution is 6.17. The topological polar surface area (TPSA) is 70.2 Å². The van der Waals surface area contributed by atoms with E-state index in [9.17, 15) is 18.4 Å². The van der Waals surface area contributed by atoms with Crippen molar-refractivity contribution >= 4 is 17.6 Å². The van der Waals surface area contributed by atoms with E-state index in [1.165, 1.54) is 0 Å². The van der Waals surface area contributed by atoms with Crippen molar-refractivity contribution in [3.8, 4) is 0 Å². The molecule has 0 unspecified atom stereocenters. The van der Waals surface area contributed by atoms with Gasteiger partial charge in [-0.2, -0.15) is 0 Å². The highest BCUT2D eigenvalue weighted by atomic mass is 35.5. The zero-order chi connectivity index (χ0) is 12.3. The molecule has 1 rings (SSSR count). The van der Waals surface area contributed by atoms with Crippen LogP contribution in [0.3, 0.4) is 0 Å². The first-order chi connectivity index (χ1) is 7.45. The Morgan fingerprint density at radius 2 is 2.19 bits per heavy atom. The second-order valence-corrected chi connectivity index (χ2v) is 3.32. The van der Waals surface area contributed by atoms with Gasteiger partial charge in [0, 0.05) is 23.2 Å². The molecule has 2 N–H and O–H groups in total. The first kappa shape index (κ1) is 12.6. The van der Waals surface area contributed by atoms with Crippen LogP contribution < -0.4 is 5.56 Å². The first-order valence-corrected chi connectivity index (χ1v) is 4.80. The van der Waals surface area contributed by atoms with Crippen LogP contribution in [0.25, 0.3) is 0 Å². The fourth-order valence-electron chi connectivity index (χ4n) is 1.32. The van der Waals surface area contributed by atoms with Gasteiger partial charge in [0.15, 0.2) is 0 Å². The van der Waals surface area contributed by atoms with Gasteiger partial charge in [0.25, 0.3) is 6.43 Å². The van der Waals surface area contributed by atoms with E-state index < -0.39 is 29.9 Å². The molecule has 0 aromatic carbocycles. The number of hydrogen-bond donors (Lipinski definition) is 2. The lowest BCUT2D eigenvalue weighted by atomic mass is 10.1. The second kappa shape index (κ2) is 5.07. The molecule has 4 nitrogen and oxygen atoms in total. The Bertz CT molecular complexity index is 459. The molecule has 7 heteroatoms. The van der Waals surface area contributed by atoms with Crippen molar-refractivity contribution in [3.63, 3.8) is 0 Å². The minimum atomic E-state index is -2.86. The average molecular weight is 252 g/mol. The smallest absolute Gasteiger partial charge is 0.309 e. The fraction of sp³-hybridized carbons (Fsp3) is 0.333. The van der Waals surface area contributed by atoms with E-state index in [2.05, 4.69) is 4.98 Å². The lowest BCUT2D eigenvalue weighted by molar-refractivity contribution is -0.136. The van der Waals surface area contributed by atoms with Crippen molar-refractivity contribution < 1.29 is 18.7 Å². The van der Waals surface area contributed by atoms with Crippen LogP contribution >= 0.6 is 11.6 Å². The Morgan fingerprint density at radius 1 is 1.56 bits per heavy atom. The van der Waals surface area contributed by atoms with Gasteiger partial charge >= 0.3 is 5.97 Å². The summed E-state index contributed by atoms with van der Waals surface area (Å²) in [6.45, 7) is 0. The number of hydrogen-bond acceptors (Lipinski definition) is 2. The Kier molecular flexibility index (Phi) is 4.00. The molecule has 0 amide bonds. The van der Waals surface area contributed by atoms with Crippen molar-refractivity contribution in [2.75, 3.05) is 0 Å². The monoisotopic (exact) mass is 251 g/mol. The van der Waals surface area contributed by atoms with Crippen LogP contribution in [0.15, 0.2) is 10.9 Å². The third kappa shape index (κ3) is 2.79. The van der Waals surface area contributed by atoms with Crippen LogP contribution in [0.2, 0.25) is 0 Å². The molecule has 0 bridgehead atoms. The van der Waals surface area contributed by atoms with Crippen molar-refractivity contribution in [1.29, 1.82) is 0 Å². The summed E-state index contributed by atoms with van der Waals surface area (Å²) in [7, 11) is 0. The number of aliphatic carboxylic acids is 1. The van der Waals surface area contributed by atoms with E-state index in [0.717, 1.165) is 6.07 Å². The number of carboxylic acid groups (broad SMARTS) is 1. The third-order valence-corrected chi connectivity index (χ3v) is 2.24. The molecule has 1 aromatic rings. The third-order valence-electron chi connectivity index (χ3n) is 1.97. The summed E-state index contributed by atoms with van der Waals surface area (Å²) >= 11 is 5.47. The molecule has 0 aliphatic carbocycles. The summed E-state index contributed by atoms with van der Waals surface area (Å²) in [5.74, 6) is -1.51. The van der Waals surface area contributed by atoms with Crippen molar-refractivity contribution in [1.82, 2.24) is 4.98 Å². The van der Waals surface area contributed by atoms with Gasteiger partial charge < -0.3 is 10.1 Å². The van der Waals surface area contributed by atoms with Crippen molar-refractivity contribution in [2.45, 2.75) is 18.7 Å². The standard InChI is InChI=1S/C9H8ClF2NO3/c10-3-5-4(9(11)12)1-7(14)13-6(5)2-8(15)16/h1,9H,2-3H2,(H,13,14)(H,15,16). The maximum absolute atomic E-state index is 12.6. The molecular formula is C9H8ClF2NO3. The number of rotatable bonds is 4. The molecule has 0 spiro atoms. The Labute approximate surface area is 93.9 Å². The molecule has 0 aliphatic heterocycles. The molecule has 0 atom stereocenters. The van der Waals surface area contributed by atoms with Gasteiger partial charge in [0.05, 0.1) is 6.42 Å². The van der Waals surface area contributed by atoms with Crippen molar-refractivity contribution in [3.05, 3.63) is 33.2 Å². The summed E-state index contributed by atoms with van der Waals surface area (Å²) < 4.78 is 25.1. The Balaban J connectivity index is 3.35. The van der Waals surface area contributed by atoms with E-state index in [1.54, 1.807) is 0 Å². The predicted octanol–water partition coefficient (Wildman–Crippen LogP) is 1.68. The number of aromatic nitrogens is 1. The quantitative estimate of drug-likeness (QED) is 0.800. The number of halogens is 3. The first-order valence-electron chi connectivity index (χ1n) is 4.26. The summed E-state index contributed by atoms with van der Waals surface area (Å²) in [6.07, 6.45) is -3.40. The zero-order valence-corrected chi connectivity index (χ0v) is 8.72. The highest BCUT2D eigenvalue weighted by Gasteiger charge is 2.18. The lowest BCUT2D eigenvalue weighted by Gasteiger charge is -2.10. The van der Waals surface area contributed by atoms with E-state index >= 15 is 0 Å². The zero-order valence-electron chi connectivity index (χ0n) is 7.97. The number of alkyl halides is 3. The number of nitrogens with one attached hydrogen (secondary N) is 1. The molecule has 1 heterocycles.